The Balaban J connectivity index is 1.43. The van der Waals surface area contributed by atoms with Crippen LogP contribution in [0.15, 0.2) is 69.9 Å². The third-order valence-corrected chi connectivity index (χ3v) is 6.37. The van der Waals surface area contributed by atoms with Gasteiger partial charge in [-0.3, -0.25) is 14.9 Å². The molecule has 0 bridgehead atoms. The van der Waals surface area contributed by atoms with Crippen LogP contribution in [0.25, 0.3) is 32.5 Å². The number of aryl methyl sites for hydroxylation is 3. The number of fused-ring (bicyclic) bond motifs is 2. The highest BCUT2D eigenvalue weighted by atomic mass is 32.1. The minimum atomic E-state index is -0.237. The first kappa shape index (κ1) is 20.2. The van der Waals surface area contributed by atoms with Crippen LogP contribution in [0.5, 0.6) is 0 Å². The lowest BCUT2D eigenvalue weighted by Crippen LogP contribution is -2.11. The summed E-state index contributed by atoms with van der Waals surface area (Å²) in [6, 6.07) is 18.3. The zero-order valence-corrected chi connectivity index (χ0v) is 18.7. The smallest absolute Gasteiger partial charge is 0.257 e. The van der Waals surface area contributed by atoms with Gasteiger partial charge in [0.25, 0.3) is 5.91 Å². The van der Waals surface area contributed by atoms with E-state index in [-0.39, 0.29) is 11.3 Å². The molecular formula is C26H20N2O3S. The van der Waals surface area contributed by atoms with Crippen molar-refractivity contribution in [1.29, 1.82) is 0 Å². The maximum Gasteiger partial charge on any atom is 0.257 e. The number of carbonyl (C=O) groups is 1. The number of anilines is 1. The molecule has 3 aromatic carbocycles. The van der Waals surface area contributed by atoms with Crippen LogP contribution in [0.4, 0.5) is 5.13 Å². The number of nitrogens with one attached hydrogen (secondary N) is 1. The van der Waals surface area contributed by atoms with E-state index in [4.69, 9.17) is 4.42 Å². The molecule has 158 valence electrons. The van der Waals surface area contributed by atoms with Crippen molar-refractivity contribution in [3.8, 4) is 11.3 Å². The van der Waals surface area contributed by atoms with Crippen molar-refractivity contribution >= 4 is 43.6 Å². The molecule has 0 radical (unpaired) electrons. The first-order valence-corrected chi connectivity index (χ1v) is 11.0. The van der Waals surface area contributed by atoms with Gasteiger partial charge in [-0.15, -0.1) is 0 Å². The van der Waals surface area contributed by atoms with E-state index in [1.54, 1.807) is 24.3 Å². The molecule has 32 heavy (non-hydrogen) atoms. The fraction of sp³-hybridized carbons (Fsp3) is 0.115. The number of rotatable bonds is 3. The molecule has 0 spiro atoms. The average molecular weight is 441 g/mol. The summed E-state index contributed by atoms with van der Waals surface area (Å²) in [6.07, 6.45) is 0. The first-order chi connectivity index (χ1) is 15.4. The highest BCUT2D eigenvalue weighted by molar-refractivity contribution is 7.22. The van der Waals surface area contributed by atoms with Gasteiger partial charge in [0.1, 0.15) is 11.3 Å². The van der Waals surface area contributed by atoms with E-state index in [1.165, 1.54) is 17.4 Å². The van der Waals surface area contributed by atoms with Crippen molar-refractivity contribution in [3.63, 3.8) is 0 Å². The summed E-state index contributed by atoms with van der Waals surface area (Å²) < 4.78 is 7.08. The van der Waals surface area contributed by atoms with Crippen molar-refractivity contribution in [3.05, 3.63) is 93.1 Å². The summed E-state index contributed by atoms with van der Waals surface area (Å²) in [5.41, 5.74) is 5.66. The van der Waals surface area contributed by atoms with Crippen LogP contribution in [-0.2, 0) is 0 Å². The number of hydrogen-bond donors (Lipinski definition) is 1. The largest absolute Gasteiger partial charge is 0.456 e. The average Bonchev–Trinajstić information content (AvgIpc) is 3.18. The molecule has 1 amide bonds. The van der Waals surface area contributed by atoms with Gasteiger partial charge >= 0.3 is 0 Å². The molecule has 0 aliphatic carbocycles. The minimum Gasteiger partial charge on any atom is -0.456 e. The van der Waals surface area contributed by atoms with Crippen LogP contribution in [-0.4, -0.2) is 10.9 Å². The minimum absolute atomic E-state index is 0.0824. The van der Waals surface area contributed by atoms with E-state index in [0.29, 0.717) is 27.4 Å². The summed E-state index contributed by atoms with van der Waals surface area (Å²) in [5, 5.41) is 4.02. The predicted molar refractivity (Wildman–Crippen MR) is 130 cm³/mol. The monoisotopic (exact) mass is 440 g/mol. The van der Waals surface area contributed by atoms with Gasteiger partial charge in [-0.25, -0.2) is 4.98 Å². The molecule has 0 aliphatic heterocycles. The SMILES string of the molecule is Cc1cc(C)c2oc(-c3ccc(C(=O)Nc4nc5c(C)cccc5s4)cc3)cc(=O)c2c1. The second-order valence-corrected chi connectivity index (χ2v) is 8.94. The Hall–Kier alpha value is -3.77. The molecule has 0 unspecified atom stereocenters. The van der Waals surface area contributed by atoms with Gasteiger partial charge in [0.05, 0.1) is 15.6 Å². The van der Waals surface area contributed by atoms with Crippen LogP contribution < -0.4 is 10.7 Å². The number of nitrogens with zero attached hydrogens (tertiary/aromatic N) is 1. The fourth-order valence-electron chi connectivity index (χ4n) is 3.85. The van der Waals surface area contributed by atoms with Gasteiger partial charge in [0.15, 0.2) is 10.6 Å². The number of para-hydroxylation sites is 1. The third kappa shape index (κ3) is 3.59. The van der Waals surface area contributed by atoms with Crippen LogP contribution in [0.2, 0.25) is 0 Å². The summed E-state index contributed by atoms with van der Waals surface area (Å²) >= 11 is 1.45. The van der Waals surface area contributed by atoms with E-state index in [1.807, 2.05) is 51.1 Å². The molecule has 0 saturated heterocycles. The molecule has 0 fully saturated rings. The van der Waals surface area contributed by atoms with E-state index < -0.39 is 0 Å². The summed E-state index contributed by atoms with van der Waals surface area (Å²) in [6.45, 7) is 5.89. The molecular weight excluding hydrogens is 420 g/mol. The highest BCUT2D eigenvalue weighted by Crippen LogP contribution is 2.29. The van der Waals surface area contributed by atoms with E-state index in [9.17, 15) is 9.59 Å². The summed E-state index contributed by atoms with van der Waals surface area (Å²) in [7, 11) is 0. The highest BCUT2D eigenvalue weighted by Gasteiger charge is 2.13. The number of thiazole rings is 1. The molecule has 5 nitrogen and oxygen atoms in total. The molecule has 2 heterocycles. The number of hydrogen-bond acceptors (Lipinski definition) is 5. The summed E-state index contributed by atoms with van der Waals surface area (Å²) in [5.74, 6) is 0.239. The second kappa shape index (κ2) is 7.73. The second-order valence-electron chi connectivity index (χ2n) is 7.91. The number of benzene rings is 3. The maximum atomic E-state index is 12.7. The van der Waals surface area contributed by atoms with Crippen LogP contribution >= 0.6 is 11.3 Å². The summed E-state index contributed by atoms with van der Waals surface area (Å²) in [4.78, 5) is 29.9. The van der Waals surface area contributed by atoms with Gasteiger partial charge in [0, 0.05) is 17.2 Å². The van der Waals surface area contributed by atoms with Gasteiger partial charge < -0.3 is 4.42 Å². The lowest BCUT2D eigenvalue weighted by atomic mass is 10.1. The van der Waals surface area contributed by atoms with Crippen molar-refractivity contribution in [2.45, 2.75) is 20.8 Å². The number of amides is 1. The molecule has 0 saturated carbocycles. The first-order valence-electron chi connectivity index (χ1n) is 10.2. The Morgan fingerprint density at radius 3 is 2.50 bits per heavy atom. The Labute approximate surface area is 188 Å². The van der Waals surface area contributed by atoms with Crippen molar-refractivity contribution in [1.82, 2.24) is 4.98 Å². The predicted octanol–water partition coefficient (Wildman–Crippen LogP) is 6.25. The molecule has 0 aliphatic rings. The Morgan fingerprint density at radius 2 is 1.75 bits per heavy atom. The molecule has 0 atom stereocenters. The number of carbonyl (C=O) groups excluding carboxylic acids is 1. The van der Waals surface area contributed by atoms with Gasteiger partial charge in [0.2, 0.25) is 0 Å². The molecule has 5 rings (SSSR count). The zero-order valence-electron chi connectivity index (χ0n) is 17.9. The Bertz CT molecular complexity index is 1560. The zero-order chi connectivity index (χ0) is 22.4. The van der Waals surface area contributed by atoms with Gasteiger partial charge in [-0.2, -0.15) is 0 Å². The van der Waals surface area contributed by atoms with Gasteiger partial charge in [-0.1, -0.05) is 41.7 Å². The molecule has 2 aromatic heterocycles. The maximum absolute atomic E-state index is 12.7. The van der Waals surface area contributed by atoms with Gasteiger partial charge in [-0.05, 0) is 61.7 Å². The van der Waals surface area contributed by atoms with Crippen LogP contribution in [0, 0.1) is 20.8 Å². The third-order valence-electron chi connectivity index (χ3n) is 5.43. The van der Waals surface area contributed by atoms with E-state index in [0.717, 1.165) is 32.5 Å². The van der Waals surface area contributed by atoms with Crippen molar-refractivity contribution in [2.24, 2.45) is 0 Å². The Kier molecular flexibility index (Phi) is 4.87. The quantitative estimate of drug-likeness (QED) is 0.360. The van der Waals surface area contributed by atoms with Crippen LogP contribution in [0.3, 0.4) is 0 Å². The fourth-order valence-corrected chi connectivity index (χ4v) is 4.79. The molecule has 6 heteroatoms. The lowest BCUT2D eigenvalue weighted by Gasteiger charge is -2.07. The topological polar surface area (TPSA) is 72.2 Å². The van der Waals surface area contributed by atoms with E-state index in [2.05, 4.69) is 10.3 Å². The van der Waals surface area contributed by atoms with Crippen molar-refractivity contribution in [2.75, 3.05) is 5.32 Å². The van der Waals surface area contributed by atoms with Crippen LogP contribution in [0.1, 0.15) is 27.0 Å². The Morgan fingerprint density at radius 1 is 0.969 bits per heavy atom. The lowest BCUT2D eigenvalue weighted by molar-refractivity contribution is 0.102. The molecule has 1 N–H and O–H groups in total. The standard InChI is InChI=1S/C26H20N2O3S/c1-14-11-16(3)24-19(12-14)20(29)13-21(31-24)17-7-9-18(10-8-17)25(30)28-26-27-23-15(2)5-4-6-22(23)32-26/h4-13H,1-3H3,(H,27,28,30). The normalized spacial score (nSPS) is 11.2. The van der Waals surface area contributed by atoms with Crippen molar-refractivity contribution < 1.29 is 9.21 Å². The molecule has 5 aromatic rings. The van der Waals surface area contributed by atoms with E-state index >= 15 is 0 Å². The number of aromatic nitrogens is 1.